The van der Waals surface area contributed by atoms with Gasteiger partial charge in [0, 0.05) is 0 Å². The second-order valence-corrected chi connectivity index (χ2v) is 5.46. The highest BCUT2D eigenvalue weighted by molar-refractivity contribution is 5.29. The van der Waals surface area contributed by atoms with Gasteiger partial charge in [-0.1, -0.05) is 29.7 Å². The van der Waals surface area contributed by atoms with Gasteiger partial charge in [0.05, 0.1) is 0 Å². The second-order valence-electron chi connectivity index (χ2n) is 5.46. The Morgan fingerprint density at radius 3 is 2.79 bits per heavy atom. The molecule has 0 heterocycles. The molecule has 2 aliphatic carbocycles. The molecule has 1 atom stereocenters. The molecule has 1 saturated carbocycles. The molecule has 78 valence electrons. The minimum atomic E-state index is 0.567. The van der Waals surface area contributed by atoms with Crippen LogP contribution in [0.2, 0.25) is 0 Å². The maximum atomic E-state index is 2.52. The number of allylic oxidation sites excluding steroid dienone is 4. The van der Waals surface area contributed by atoms with Crippen LogP contribution in [0, 0.1) is 5.41 Å². The summed E-state index contributed by atoms with van der Waals surface area (Å²) in [6.07, 6.45) is 10.7. The molecule has 0 nitrogen and oxygen atoms in total. The standard InChI is InChI=1S/C14H22/c1-11(2)12-7-9-14(3)8-5-4-6-13(14)10-12/h6H,4-5,7-10H2,1-3H3/t14-/m0/s1. The van der Waals surface area contributed by atoms with Crippen LogP contribution in [0.25, 0.3) is 0 Å². The largest absolute Gasteiger partial charge is 0.0845 e. The molecule has 0 bridgehead atoms. The molecule has 0 aromatic rings. The molecule has 0 unspecified atom stereocenters. The third-order valence-corrected chi connectivity index (χ3v) is 4.19. The van der Waals surface area contributed by atoms with Gasteiger partial charge in [0.15, 0.2) is 0 Å². The van der Waals surface area contributed by atoms with Crippen LogP contribution in [0.1, 0.15) is 59.3 Å². The fraction of sp³-hybridized carbons (Fsp3) is 0.714. The Labute approximate surface area is 88.1 Å². The lowest BCUT2D eigenvalue weighted by Crippen LogP contribution is -2.26. The first-order valence-electron chi connectivity index (χ1n) is 5.96. The highest BCUT2D eigenvalue weighted by Gasteiger charge is 2.34. The van der Waals surface area contributed by atoms with Crippen molar-refractivity contribution in [3.63, 3.8) is 0 Å². The average Bonchev–Trinajstić information content (AvgIpc) is 2.16. The van der Waals surface area contributed by atoms with Gasteiger partial charge in [-0.25, -0.2) is 0 Å². The molecule has 14 heavy (non-hydrogen) atoms. The van der Waals surface area contributed by atoms with Gasteiger partial charge in [0.25, 0.3) is 0 Å². The third-order valence-electron chi connectivity index (χ3n) is 4.19. The van der Waals surface area contributed by atoms with Gasteiger partial charge in [-0.05, 0) is 57.8 Å². The van der Waals surface area contributed by atoms with E-state index in [1.54, 1.807) is 16.7 Å². The van der Waals surface area contributed by atoms with Crippen LogP contribution in [0.4, 0.5) is 0 Å². The Kier molecular flexibility index (Phi) is 2.55. The highest BCUT2D eigenvalue weighted by atomic mass is 14.4. The normalized spacial score (nSPS) is 32.2. The Balaban J connectivity index is 2.25. The van der Waals surface area contributed by atoms with Gasteiger partial charge < -0.3 is 0 Å². The van der Waals surface area contributed by atoms with Crippen LogP contribution in [0.5, 0.6) is 0 Å². The van der Waals surface area contributed by atoms with Crippen molar-refractivity contribution in [2.24, 2.45) is 5.41 Å². The molecule has 0 N–H and O–H groups in total. The Hall–Kier alpha value is -0.520. The minimum absolute atomic E-state index is 0.567. The first-order chi connectivity index (χ1) is 6.62. The Bertz CT molecular complexity index is 289. The van der Waals surface area contributed by atoms with Crippen molar-refractivity contribution >= 4 is 0 Å². The van der Waals surface area contributed by atoms with Gasteiger partial charge in [0.2, 0.25) is 0 Å². The summed E-state index contributed by atoms with van der Waals surface area (Å²) in [5.41, 5.74) is 5.57. The monoisotopic (exact) mass is 190 g/mol. The van der Waals surface area contributed by atoms with Crippen molar-refractivity contribution in [3.8, 4) is 0 Å². The number of hydrogen-bond acceptors (Lipinski definition) is 0. The van der Waals surface area contributed by atoms with E-state index in [0.717, 1.165) is 0 Å². The van der Waals surface area contributed by atoms with Crippen LogP contribution in [0.3, 0.4) is 0 Å². The quantitative estimate of drug-likeness (QED) is 0.489. The molecule has 0 radical (unpaired) electrons. The first kappa shape index (κ1) is 10.0. The van der Waals surface area contributed by atoms with Crippen LogP contribution >= 0.6 is 0 Å². The van der Waals surface area contributed by atoms with Gasteiger partial charge >= 0.3 is 0 Å². The van der Waals surface area contributed by atoms with E-state index in [4.69, 9.17) is 0 Å². The highest BCUT2D eigenvalue weighted by Crippen LogP contribution is 2.49. The summed E-state index contributed by atoms with van der Waals surface area (Å²) in [7, 11) is 0. The van der Waals surface area contributed by atoms with E-state index in [2.05, 4.69) is 26.8 Å². The summed E-state index contributed by atoms with van der Waals surface area (Å²) in [5, 5.41) is 0. The van der Waals surface area contributed by atoms with Crippen LogP contribution in [0.15, 0.2) is 22.8 Å². The number of rotatable bonds is 0. The fourth-order valence-corrected chi connectivity index (χ4v) is 2.92. The van der Waals surface area contributed by atoms with Crippen molar-refractivity contribution in [3.05, 3.63) is 22.8 Å². The molecule has 0 saturated heterocycles. The molecular formula is C14H22. The summed E-state index contributed by atoms with van der Waals surface area (Å²) in [6.45, 7) is 7.00. The maximum Gasteiger partial charge on any atom is -0.0101 e. The molecule has 0 aliphatic heterocycles. The zero-order valence-corrected chi connectivity index (χ0v) is 9.82. The van der Waals surface area contributed by atoms with E-state index in [-0.39, 0.29) is 0 Å². The second kappa shape index (κ2) is 3.56. The van der Waals surface area contributed by atoms with E-state index in [1.807, 2.05) is 0 Å². The summed E-state index contributed by atoms with van der Waals surface area (Å²) in [6, 6.07) is 0. The molecule has 1 fully saturated rings. The minimum Gasteiger partial charge on any atom is -0.0845 e. The number of hydrogen-bond donors (Lipinski definition) is 0. The van der Waals surface area contributed by atoms with Crippen LogP contribution in [-0.2, 0) is 0 Å². The molecule has 0 amide bonds. The summed E-state index contributed by atoms with van der Waals surface area (Å²) in [4.78, 5) is 0. The van der Waals surface area contributed by atoms with Gasteiger partial charge in [0.1, 0.15) is 0 Å². The van der Waals surface area contributed by atoms with Crippen molar-refractivity contribution in [2.75, 3.05) is 0 Å². The predicted molar refractivity (Wildman–Crippen MR) is 62.3 cm³/mol. The van der Waals surface area contributed by atoms with Crippen molar-refractivity contribution < 1.29 is 0 Å². The molecule has 2 rings (SSSR count). The first-order valence-corrected chi connectivity index (χ1v) is 5.96. The number of fused-ring (bicyclic) bond motifs is 1. The maximum absolute atomic E-state index is 2.52. The van der Waals surface area contributed by atoms with Gasteiger partial charge in [-0.15, -0.1) is 0 Å². The molecule has 0 aromatic carbocycles. The van der Waals surface area contributed by atoms with Gasteiger partial charge in [-0.3, -0.25) is 0 Å². The lowest BCUT2D eigenvalue weighted by Gasteiger charge is -2.41. The van der Waals surface area contributed by atoms with E-state index in [0.29, 0.717) is 5.41 Å². The van der Waals surface area contributed by atoms with Crippen LogP contribution < -0.4 is 0 Å². The zero-order valence-electron chi connectivity index (χ0n) is 9.82. The summed E-state index contributed by atoms with van der Waals surface area (Å²) in [5.74, 6) is 0. The van der Waals surface area contributed by atoms with E-state index in [9.17, 15) is 0 Å². The zero-order chi connectivity index (χ0) is 10.2. The summed E-state index contributed by atoms with van der Waals surface area (Å²) >= 11 is 0. The topological polar surface area (TPSA) is 0 Å². The molecule has 0 aromatic heterocycles. The van der Waals surface area contributed by atoms with E-state index < -0.39 is 0 Å². The predicted octanol–water partition coefficient (Wildman–Crippen LogP) is 4.62. The lowest BCUT2D eigenvalue weighted by atomic mass is 9.64. The van der Waals surface area contributed by atoms with Crippen LogP contribution in [-0.4, -0.2) is 0 Å². The average molecular weight is 190 g/mol. The van der Waals surface area contributed by atoms with Crippen molar-refractivity contribution in [2.45, 2.75) is 59.3 Å². The Morgan fingerprint density at radius 1 is 1.29 bits per heavy atom. The molecule has 0 heteroatoms. The lowest BCUT2D eigenvalue weighted by molar-refractivity contribution is 0.286. The van der Waals surface area contributed by atoms with Crippen molar-refractivity contribution in [1.82, 2.24) is 0 Å². The molecular weight excluding hydrogens is 168 g/mol. The smallest absolute Gasteiger partial charge is 0.0101 e. The Morgan fingerprint density at radius 2 is 2.07 bits per heavy atom. The third kappa shape index (κ3) is 1.67. The molecule has 2 aliphatic rings. The van der Waals surface area contributed by atoms with Gasteiger partial charge in [-0.2, -0.15) is 0 Å². The van der Waals surface area contributed by atoms with E-state index >= 15 is 0 Å². The SMILES string of the molecule is CC(C)=C1CC[C@]2(C)CCCC=C2C1. The van der Waals surface area contributed by atoms with Crippen molar-refractivity contribution in [1.29, 1.82) is 0 Å². The molecule has 0 spiro atoms. The van der Waals surface area contributed by atoms with E-state index in [1.165, 1.54) is 38.5 Å². The fourth-order valence-electron chi connectivity index (χ4n) is 2.92. The summed E-state index contributed by atoms with van der Waals surface area (Å²) < 4.78 is 0.